The van der Waals surface area contributed by atoms with Gasteiger partial charge >= 0.3 is 11.9 Å². The van der Waals surface area contributed by atoms with E-state index in [9.17, 15) is 9.59 Å². The van der Waals surface area contributed by atoms with E-state index in [2.05, 4.69) is 0 Å². The minimum absolute atomic E-state index is 0.0611. The third-order valence-electron chi connectivity index (χ3n) is 4.45. The van der Waals surface area contributed by atoms with Gasteiger partial charge in [0, 0.05) is 0 Å². The Kier molecular flexibility index (Phi) is 8.09. The van der Waals surface area contributed by atoms with Crippen LogP contribution in [0.2, 0.25) is 0 Å². The summed E-state index contributed by atoms with van der Waals surface area (Å²) in [6, 6.07) is 20.7. The first-order valence-corrected chi connectivity index (χ1v) is 9.95. The van der Waals surface area contributed by atoms with Crippen LogP contribution in [0.3, 0.4) is 0 Å². The Balaban J connectivity index is 1.46. The number of hydrogen-bond donors (Lipinski definition) is 0. The zero-order valence-corrected chi connectivity index (χ0v) is 17.9. The van der Waals surface area contributed by atoms with Crippen LogP contribution >= 0.6 is 0 Å². The van der Waals surface area contributed by atoms with Gasteiger partial charge in [-0.2, -0.15) is 0 Å². The molecule has 3 aromatic carbocycles. The topological polar surface area (TPSA) is 80.3 Å². The predicted octanol–water partition coefficient (Wildman–Crippen LogP) is 4.09. The van der Waals surface area contributed by atoms with Crippen LogP contribution in [0, 0.1) is 0 Å². The molecule has 0 radical (unpaired) electrons. The Bertz CT molecular complexity index is 1030. The number of benzene rings is 3. The van der Waals surface area contributed by atoms with Gasteiger partial charge in [0.15, 0.2) is 11.5 Å². The molecule has 7 heteroatoms. The minimum Gasteiger partial charge on any atom is -0.493 e. The van der Waals surface area contributed by atoms with E-state index in [0.717, 1.165) is 5.56 Å². The second-order valence-corrected chi connectivity index (χ2v) is 6.66. The van der Waals surface area contributed by atoms with Crippen LogP contribution in [0.25, 0.3) is 0 Å². The maximum atomic E-state index is 12.2. The van der Waals surface area contributed by atoms with Crippen LogP contribution < -0.4 is 18.9 Å². The molecule has 0 saturated heterocycles. The van der Waals surface area contributed by atoms with Crippen molar-refractivity contribution in [2.45, 2.75) is 6.42 Å². The smallest absolute Gasteiger partial charge is 0.338 e. The zero-order valence-electron chi connectivity index (χ0n) is 17.9. The van der Waals surface area contributed by atoms with Crippen LogP contribution in [0.4, 0.5) is 0 Å². The van der Waals surface area contributed by atoms with Gasteiger partial charge in [-0.1, -0.05) is 24.3 Å². The molecule has 0 spiro atoms. The van der Waals surface area contributed by atoms with Crippen molar-refractivity contribution < 1.29 is 33.3 Å². The van der Waals surface area contributed by atoms with Gasteiger partial charge in [-0.25, -0.2) is 4.79 Å². The predicted molar refractivity (Wildman–Crippen MR) is 118 cm³/mol. The first kappa shape index (κ1) is 22.7. The lowest BCUT2D eigenvalue weighted by atomic mass is 10.1. The van der Waals surface area contributed by atoms with E-state index in [4.69, 9.17) is 23.7 Å². The lowest BCUT2D eigenvalue weighted by molar-refractivity contribution is -0.133. The fourth-order valence-electron chi connectivity index (χ4n) is 2.88. The van der Waals surface area contributed by atoms with E-state index in [1.165, 1.54) is 7.11 Å². The van der Waals surface area contributed by atoms with Gasteiger partial charge in [-0.15, -0.1) is 0 Å². The quantitative estimate of drug-likeness (QED) is 0.269. The van der Waals surface area contributed by atoms with Gasteiger partial charge in [0.05, 0.1) is 26.2 Å². The number of carbonyl (C=O) groups excluding carboxylic acids is 2. The highest BCUT2D eigenvalue weighted by Gasteiger charge is 2.12. The third kappa shape index (κ3) is 6.50. The lowest BCUT2D eigenvalue weighted by Gasteiger charge is -2.10. The molecule has 0 atom stereocenters. The van der Waals surface area contributed by atoms with Crippen LogP contribution in [0.1, 0.15) is 15.9 Å². The molecule has 0 aliphatic rings. The highest BCUT2D eigenvalue weighted by molar-refractivity contribution is 5.89. The summed E-state index contributed by atoms with van der Waals surface area (Å²) in [5, 5.41) is 0. The van der Waals surface area contributed by atoms with Crippen LogP contribution in [-0.2, 0) is 16.0 Å². The van der Waals surface area contributed by atoms with Crippen molar-refractivity contribution >= 4 is 11.9 Å². The summed E-state index contributed by atoms with van der Waals surface area (Å²) in [6.07, 6.45) is 0.0611. The van der Waals surface area contributed by atoms with E-state index in [0.29, 0.717) is 28.6 Å². The largest absolute Gasteiger partial charge is 0.493 e. The van der Waals surface area contributed by atoms with Gasteiger partial charge < -0.3 is 23.7 Å². The molecule has 0 fully saturated rings. The van der Waals surface area contributed by atoms with E-state index >= 15 is 0 Å². The molecule has 3 rings (SSSR count). The number of para-hydroxylation sites is 1. The van der Waals surface area contributed by atoms with Crippen molar-refractivity contribution in [2.75, 3.05) is 27.4 Å². The summed E-state index contributed by atoms with van der Waals surface area (Å²) in [5.74, 6) is 1.24. The molecule has 0 unspecified atom stereocenters. The number of ether oxygens (including phenoxy) is 5. The Labute approximate surface area is 186 Å². The summed E-state index contributed by atoms with van der Waals surface area (Å²) >= 11 is 0. The molecule has 0 bridgehead atoms. The second-order valence-electron chi connectivity index (χ2n) is 6.66. The third-order valence-corrected chi connectivity index (χ3v) is 4.45. The molecule has 0 amide bonds. The minimum atomic E-state index is -0.482. The molecule has 3 aromatic rings. The summed E-state index contributed by atoms with van der Waals surface area (Å²) in [4.78, 5) is 24.4. The van der Waals surface area contributed by atoms with Crippen LogP contribution in [0.5, 0.6) is 23.0 Å². The Morgan fingerprint density at radius 3 is 2.16 bits per heavy atom. The van der Waals surface area contributed by atoms with Gasteiger partial charge in [-0.05, 0) is 54.1 Å². The average Bonchev–Trinajstić information content (AvgIpc) is 2.82. The molecule has 32 heavy (non-hydrogen) atoms. The summed E-state index contributed by atoms with van der Waals surface area (Å²) in [5.41, 5.74) is 1.08. The molecule has 166 valence electrons. The summed E-state index contributed by atoms with van der Waals surface area (Å²) < 4.78 is 26.5. The standard InChI is InChI=1S/C25H24O7/c1-28-22-13-8-18(16-23(22)29-2)17-24(26)32-21-11-9-19(10-12-21)25(27)31-15-14-30-20-6-4-3-5-7-20/h3-13,16H,14-15,17H2,1-2H3. The molecule has 0 aromatic heterocycles. The normalized spacial score (nSPS) is 10.2. The fourth-order valence-corrected chi connectivity index (χ4v) is 2.88. The van der Waals surface area contributed by atoms with Crippen LogP contribution in [0.15, 0.2) is 72.8 Å². The number of methoxy groups -OCH3 is 2. The summed E-state index contributed by atoms with van der Waals surface area (Å²) in [6.45, 7) is 0.372. The lowest BCUT2D eigenvalue weighted by Crippen LogP contribution is -2.13. The molecule has 7 nitrogen and oxygen atoms in total. The molecule has 0 aliphatic carbocycles. The van der Waals surface area contributed by atoms with Crippen molar-refractivity contribution in [3.63, 3.8) is 0 Å². The molecule has 0 heterocycles. The average molecular weight is 436 g/mol. The van der Waals surface area contributed by atoms with Crippen LogP contribution in [-0.4, -0.2) is 39.4 Å². The monoisotopic (exact) mass is 436 g/mol. The number of carbonyl (C=O) groups is 2. The van der Waals surface area contributed by atoms with Gasteiger partial charge in [-0.3, -0.25) is 4.79 Å². The maximum absolute atomic E-state index is 12.2. The number of rotatable bonds is 10. The SMILES string of the molecule is COc1ccc(CC(=O)Oc2ccc(C(=O)OCCOc3ccccc3)cc2)cc1OC. The van der Waals surface area contributed by atoms with Crippen molar-refractivity contribution in [2.24, 2.45) is 0 Å². The van der Waals surface area contributed by atoms with Crippen molar-refractivity contribution in [3.8, 4) is 23.0 Å². The molecular formula is C25H24O7. The van der Waals surface area contributed by atoms with Gasteiger partial charge in [0.1, 0.15) is 24.7 Å². The van der Waals surface area contributed by atoms with Gasteiger partial charge in [0.2, 0.25) is 0 Å². The fraction of sp³-hybridized carbons (Fsp3) is 0.200. The molecule has 0 saturated carbocycles. The Morgan fingerprint density at radius 2 is 1.47 bits per heavy atom. The maximum Gasteiger partial charge on any atom is 0.338 e. The van der Waals surface area contributed by atoms with Crippen molar-refractivity contribution in [3.05, 3.63) is 83.9 Å². The molecular weight excluding hydrogens is 412 g/mol. The molecule has 0 aliphatic heterocycles. The molecule has 0 N–H and O–H groups in total. The van der Waals surface area contributed by atoms with E-state index in [-0.39, 0.29) is 19.6 Å². The van der Waals surface area contributed by atoms with E-state index in [1.54, 1.807) is 49.6 Å². The van der Waals surface area contributed by atoms with Crippen molar-refractivity contribution in [1.29, 1.82) is 0 Å². The first-order chi connectivity index (χ1) is 15.6. The highest BCUT2D eigenvalue weighted by atomic mass is 16.6. The highest BCUT2D eigenvalue weighted by Crippen LogP contribution is 2.28. The van der Waals surface area contributed by atoms with Gasteiger partial charge in [0.25, 0.3) is 0 Å². The van der Waals surface area contributed by atoms with E-state index < -0.39 is 11.9 Å². The number of esters is 2. The first-order valence-electron chi connectivity index (χ1n) is 9.95. The Morgan fingerprint density at radius 1 is 0.750 bits per heavy atom. The Hall–Kier alpha value is -4.00. The second kappa shape index (κ2) is 11.4. The van der Waals surface area contributed by atoms with Crippen molar-refractivity contribution in [1.82, 2.24) is 0 Å². The number of hydrogen-bond acceptors (Lipinski definition) is 7. The zero-order chi connectivity index (χ0) is 22.8. The van der Waals surface area contributed by atoms with E-state index in [1.807, 2.05) is 30.3 Å². The summed E-state index contributed by atoms with van der Waals surface area (Å²) in [7, 11) is 3.08.